The number of aromatic hydroxyl groups is 1. The average molecular weight is 173 g/mol. The minimum atomic E-state index is 0.122. The molecule has 0 fully saturated rings. The minimum absolute atomic E-state index is 0.122. The highest BCUT2D eigenvalue weighted by molar-refractivity contribution is 6.30. The Balaban J connectivity index is 2.93. The third-order valence-electron chi connectivity index (χ3n) is 1.22. The van der Waals surface area contributed by atoms with Crippen molar-refractivity contribution in [1.29, 1.82) is 0 Å². The third-order valence-corrected chi connectivity index (χ3v) is 1.46. The van der Waals surface area contributed by atoms with E-state index in [-0.39, 0.29) is 5.75 Å². The van der Waals surface area contributed by atoms with E-state index in [0.717, 1.165) is 0 Å². The quantitative estimate of drug-likeness (QED) is 0.743. The molecule has 0 aromatic heterocycles. The van der Waals surface area contributed by atoms with E-state index >= 15 is 0 Å². The zero-order valence-corrected chi connectivity index (χ0v) is 6.93. The number of ether oxygens (including phenoxy) is 1. The van der Waals surface area contributed by atoms with Crippen LogP contribution in [-0.2, 0) is 0 Å². The molecule has 0 saturated heterocycles. The van der Waals surface area contributed by atoms with Crippen molar-refractivity contribution < 1.29 is 9.84 Å². The maximum absolute atomic E-state index is 9.18. The van der Waals surface area contributed by atoms with Crippen molar-refractivity contribution in [3.05, 3.63) is 23.2 Å². The summed E-state index contributed by atoms with van der Waals surface area (Å²) in [4.78, 5) is 0. The number of benzene rings is 1. The first kappa shape index (κ1) is 8.21. The highest BCUT2D eigenvalue weighted by Gasteiger charge is 2.00. The summed E-state index contributed by atoms with van der Waals surface area (Å²) in [6.07, 6.45) is 0. The zero-order valence-electron chi connectivity index (χ0n) is 6.17. The molecule has 11 heavy (non-hydrogen) atoms. The van der Waals surface area contributed by atoms with Gasteiger partial charge in [-0.15, -0.1) is 0 Å². The lowest BCUT2D eigenvalue weighted by Gasteiger charge is -2.04. The molecule has 2 nitrogen and oxygen atoms in total. The highest BCUT2D eigenvalue weighted by Crippen LogP contribution is 2.28. The number of halogens is 1. The summed E-state index contributed by atoms with van der Waals surface area (Å²) in [5.74, 6) is 0.552. The van der Waals surface area contributed by atoms with Gasteiger partial charge in [0, 0.05) is 11.1 Å². The van der Waals surface area contributed by atoms with Crippen LogP contribution < -0.4 is 4.74 Å². The molecular weight excluding hydrogens is 164 g/mol. The average Bonchev–Trinajstić information content (AvgIpc) is 1.98. The fraction of sp³-hybridized carbons (Fsp3) is 0.250. The summed E-state index contributed by atoms with van der Waals surface area (Å²) in [6.45, 7) is 2.37. The lowest BCUT2D eigenvalue weighted by Crippen LogP contribution is -1.91. The van der Waals surface area contributed by atoms with E-state index < -0.39 is 0 Å². The molecule has 0 bridgehead atoms. The van der Waals surface area contributed by atoms with Gasteiger partial charge in [-0.3, -0.25) is 0 Å². The molecule has 0 spiro atoms. The highest BCUT2D eigenvalue weighted by atomic mass is 35.5. The van der Waals surface area contributed by atoms with Gasteiger partial charge in [0.1, 0.15) is 0 Å². The second kappa shape index (κ2) is 3.49. The van der Waals surface area contributed by atoms with Crippen LogP contribution in [0.4, 0.5) is 0 Å². The predicted octanol–water partition coefficient (Wildman–Crippen LogP) is 2.44. The maximum atomic E-state index is 9.18. The van der Waals surface area contributed by atoms with Crippen molar-refractivity contribution in [3.8, 4) is 11.5 Å². The molecule has 0 radical (unpaired) electrons. The zero-order chi connectivity index (χ0) is 8.27. The first-order valence-electron chi connectivity index (χ1n) is 3.35. The molecule has 0 saturated carbocycles. The molecular formula is C8H9ClO2. The van der Waals surface area contributed by atoms with E-state index in [1.54, 1.807) is 12.1 Å². The summed E-state index contributed by atoms with van der Waals surface area (Å²) >= 11 is 5.66. The van der Waals surface area contributed by atoms with Gasteiger partial charge in [-0.25, -0.2) is 0 Å². The summed E-state index contributed by atoms with van der Waals surface area (Å²) in [7, 11) is 0. The Morgan fingerprint density at radius 2 is 2.27 bits per heavy atom. The summed E-state index contributed by atoms with van der Waals surface area (Å²) in [5, 5.41) is 9.74. The second-order valence-electron chi connectivity index (χ2n) is 2.05. The molecule has 3 heteroatoms. The Morgan fingerprint density at radius 1 is 1.55 bits per heavy atom. The molecule has 0 heterocycles. The van der Waals surface area contributed by atoms with E-state index in [1.165, 1.54) is 6.07 Å². The maximum Gasteiger partial charge on any atom is 0.162 e. The summed E-state index contributed by atoms with van der Waals surface area (Å²) < 4.78 is 5.08. The standard InChI is InChI=1S/C8H9ClO2/c1-2-11-8-5-6(9)3-4-7(8)10/h3-5,10H,2H2,1H3. The van der Waals surface area contributed by atoms with Crippen molar-refractivity contribution in [2.75, 3.05) is 6.61 Å². The molecule has 0 aliphatic heterocycles. The molecule has 0 amide bonds. The molecule has 0 aliphatic rings. The second-order valence-corrected chi connectivity index (χ2v) is 2.48. The van der Waals surface area contributed by atoms with Gasteiger partial charge in [0.25, 0.3) is 0 Å². The van der Waals surface area contributed by atoms with Crippen molar-refractivity contribution in [2.24, 2.45) is 0 Å². The van der Waals surface area contributed by atoms with E-state index in [9.17, 15) is 5.11 Å². The van der Waals surface area contributed by atoms with E-state index in [4.69, 9.17) is 16.3 Å². The van der Waals surface area contributed by atoms with Crippen LogP contribution in [0, 0.1) is 0 Å². The van der Waals surface area contributed by atoms with Crippen LogP contribution in [0.1, 0.15) is 6.92 Å². The van der Waals surface area contributed by atoms with Gasteiger partial charge in [-0.1, -0.05) is 11.6 Å². The Bertz CT molecular complexity index is 248. The van der Waals surface area contributed by atoms with Crippen molar-refractivity contribution in [2.45, 2.75) is 6.92 Å². The smallest absolute Gasteiger partial charge is 0.162 e. The monoisotopic (exact) mass is 172 g/mol. The molecule has 1 rings (SSSR count). The number of phenols is 1. The molecule has 1 aromatic carbocycles. The van der Waals surface area contributed by atoms with Crippen LogP contribution in [0.5, 0.6) is 11.5 Å². The lowest BCUT2D eigenvalue weighted by atomic mass is 10.3. The van der Waals surface area contributed by atoms with Crippen LogP contribution in [0.2, 0.25) is 5.02 Å². The fourth-order valence-electron chi connectivity index (χ4n) is 0.759. The van der Waals surface area contributed by atoms with Crippen molar-refractivity contribution in [3.63, 3.8) is 0 Å². The van der Waals surface area contributed by atoms with Crippen LogP contribution in [-0.4, -0.2) is 11.7 Å². The van der Waals surface area contributed by atoms with Crippen LogP contribution in [0.15, 0.2) is 18.2 Å². The Hall–Kier alpha value is -0.890. The number of hydrogen-bond acceptors (Lipinski definition) is 2. The normalized spacial score (nSPS) is 9.64. The Kier molecular flexibility index (Phi) is 2.60. The SMILES string of the molecule is CCOc1cc(Cl)ccc1O. The fourth-order valence-corrected chi connectivity index (χ4v) is 0.921. The van der Waals surface area contributed by atoms with Gasteiger partial charge in [0.2, 0.25) is 0 Å². The Morgan fingerprint density at radius 3 is 2.91 bits per heavy atom. The predicted molar refractivity (Wildman–Crippen MR) is 44.3 cm³/mol. The number of phenolic OH excluding ortho intramolecular Hbond substituents is 1. The van der Waals surface area contributed by atoms with E-state index in [0.29, 0.717) is 17.4 Å². The number of rotatable bonds is 2. The van der Waals surface area contributed by atoms with Gasteiger partial charge < -0.3 is 9.84 Å². The third kappa shape index (κ3) is 2.02. The molecule has 60 valence electrons. The largest absolute Gasteiger partial charge is 0.504 e. The van der Waals surface area contributed by atoms with Gasteiger partial charge >= 0.3 is 0 Å². The summed E-state index contributed by atoms with van der Waals surface area (Å²) in [6, 6.07) is 4.70. The first-order valence-corrected chi connectivity index (χ1v) is 3.73. The van der Waals surface area contributed by atoms with Gasteiger partial charge in [-0.2, -0.15) is 0 Å². The van der Waals surface area contributed by atoms with Crippen molar-refractivity contribution in [1.82, 2.24) is 0 Å². The van der Waals surface area contributed by atoms with Gasteiger partial charge in [-0.05, 0) is 19.1 Å². The minimum Gasteiger partial charge on any atom is -0.504 e. The van der Waals surface area contributed by atoms with Crippen LogP contribution >= 0.6 is 11.6 Å². The molecule has 1 aromatic rings. The first-order chi connectivity index (χ1) is 5.24. The van der Waals surface area contributed by atoms with Crippen LogP contribution in [0.25, 0.3) is 0 Å². The molecule has 0 atom stereocenters. The topological polar surface area (TPSA) is 29.5 Å². The molecule has 1 N–H and O–H groups in total. The van der Waals surface area contributed by atoms with E-state index in [2.05, 4.69) is 0 Å². The van der Waals surface area contributed by atoms with Crippen LogP contribution in [0.3, 0.4) is 0 Å². The Labute approximate surface area is 70.4 Å². The van der Waals surface area contributed by atoms with Gasteiger partial charge in [0.15, 0.2) is 11.5 Å². The summed E-state index contributed by atoms with van der Waals surface area (Å²) in [5.41, 5.74) is 0. The number of hydrogen-bond donors (Lipinski definition) is 1. The lowest BCUT2D eigenvalue weighted by molar-refractivity contribution is 0.318. The molecule has 0 unspecified atom stereocenters. The van der Waals surface area contributed by atoms with Crippen molar-refractivity contribution >= 4 is 11.6 Å². The van der Waals surface area contributed by atoms with Gasteiger partial charge in [0.05, 0.1) is 6.61 Å². The molecule has 0 aliphatic carbocycles. The van der Waals surface area contributed by atoms with E-state index in [1.807, 2.05) is 6.92 Å².